The van der Waals surface area contributed by atoms with Crippen LogP contribution < -0.4 is 14.8 Å². The molecule has 0 saturated carbocycles. The van der Waals surface area contributed by atoms with Gasteiger partial charge in [0.1, 0.15) is 17.8 Å². The van der Waals surface area contributed by atoms with Crippen molar-refractivity contribution in [2.45, 2.75) is 6.92 Å². The van der Waals surface area contributed by atoms with Crippen molar-refractivity contribution >= 4 is 11.9 Å². The van der Waals surface area contributed by atoms with E-state index in [-0.39, 0.29) is 11.9 Å². The second-order valence-electron chi connectivity index (χ2n) is 3.79. The maximum atomic E-state index is 12.0. The molecule has 1 amide bonds. The van der Waals surface area contributed by atoms with Gasteiger partial charge in [-0.15, -0.1) is 0 Å². The Labute approximate surface area is 110 Å². The Morgan fingerprint density at radius 3 is 2.37 bits per heavy atom. The van der Waals surface area contributed by atoms with Gasteiger partial charge in [-0.3, -0.25) is 10.1 Å². The zero-order valence-electron chi connectivity index (χ0n) is 10.9. The number of ether oxygens (including phenoxy) is 2. The molecule has 1 aromatic carbocycles. The summed E-state index contributed by atoms with van der Waals surface area (Å²) in [5, 5.41) is 8.78. The zero-order valence-corrected chi connectivity index (χ0v) is 10.9. The number of hydrogen-bond acceptors (Lipinski definition) is 5. The molecule has 100 valence electrons. The van der Waals surface area contributed by atoms with Crippen LogP contribution in [0.5, 0.6) is 11.5 Å². The maximum Gasteiger partial charge on any atom is 0.258 e. The van der Waals surface area contributed by atoms with Crippen molar-refractivity contribution in [1.82, 2.24) is 15.2 Å². The molecule has 0 aliphatic rings. The number of benzene rings is 1. The minimum atomic E-state index is -0.326. The Kier molecular flexibility index (Phi) is 3.65. The highest BCUT2D eigenvalue weighted by molar-refractivity contribution is 6.04. The monoisotopic (exact) mass is 262 g/mol. The van der Waals surface area contributed by atoms with Gasteiger partial charge in [-0.2, -0.15) is 10.1 Å². The minimum absolute atomic E-state index is 0.281. The van der Waals surface area contributed by atoms with Crippen molar-refractivity contribution < 1.29 is 14.3 Å². The Morgan fingerprint density at radius 1 is 1.26 bits per heavy atom. The largest absolute Gasteiger partial charge is 0.496 e. The molecule has 0 atom stereocenters. The quantitative estimate of drug-likeness (QED) is 0.869. The fraction of sp³-hybridized carbons (Fsp3) is 0.250. The van der Waals surface area contributed by atoms with E-state index in [9.17, 15) is 4.79 Å². The predicted octanol–water partition coefficient (Wildman–Crippen LogP) is 1.38. The zero-order chi connectivity index (χ0) is 13.8. The van der Waals surface area contributed by atoms with Gasteiger partial charge in [0.15, 0.2) is 0 Å². The summed E-state index contributed by atoms with van der Waals surface area (Å²) in [4.78, 5) is 15.9. The number of nitrogens with one attached hydrogen (secondary N) is 2. The Bertz CT molecular complexity index is 556. The molecular formula is C12H14N4O3. The first-order chi connectivity index (χ1) is 9.15. The number of anilines is 1. The second kappa shape index (κ2) is 5.38. The van der Waals surface area contributed by atoms with Crippen LogP contribution in [0.15, 0.2) is 18.5 Å². The molecule has 0 unspecified atom stereocenters. The lowest BCUT2D eigenvalue weighted by atomic mass is 10.1. The average Bonchev–Trinajstić information content (AvgIpc) is 2.91. The fourth-order valence-electron chi connectivity index (χ4n) is 1.66. The number of carbonyl (C=O) groups is 1. The van der Waals surface area contributed by atoms with E-state index in [2.05, 4.69) is 20.5 Å². The first kappa shape index (κ1) is 12.9. The van der Waals surface area contributed by atoms with E-state index in [0.717, 1.165) is 5.56 Å². The summed E-state index contributed by atoms with van der Waals surface area (Å²) < 4.78 is 10.4. The summed E-state index contributed by atoms with van der Waals surface area (Å²) in [7, 11) is 3.08. The van der Waals surface area contributed by atoms with Crippen molar-refractivity contribution in [2.75, 3.05) is 19.5 Å². The Morgan fingerprint density at radius 2 is 1.89 bits per heavy atom. The predicted molar refractivity (Wildman–Crippen MR) is 68.6 cm³/mol. The van der Waals surface area contributed by atoms with E-state index in [1.165, 1.54) is 6.33 Å². The molecule has 2 aromatic rings. The summed E-state index contributed by atoms with van der Waals surface area (Å²) in [6.45, 7) is 1.86. The van der Waals surface area contributed by atoms with Crippen LogP contribution in [0, 0.1) is 6.92 Å². The molecular weight excluding hydrogens is 248 g/mol. The normalized spacial score (nSPS) is 10.1. The number of aromatic amines is 1. The molecule has 7 nitrogen and oxygen atoms in total. The van der Waals surface area contributed by atoms with Gasteiger partial charge in [-0.25, -0.2) is 5.10 Å². The number of H-pyrrole nitrogens is 1. The van der Waals surface area contributed by atoms with Gasteiger partial charge >= 0.3 is 0 Å². The number of aromatic nitrogens is 3. The first-order valence-corrected chi connectivity index (χ1v) is 5.55. The van der Waals surface area contributed by atoms with Crippen molar-refractivity contribution in [3.05, 3.63) is 29.6 Å². The van der Waals surface area contributed by atoms with Gasteiger partial charge in [0.05, 0.1) is 14.2 Å². The highest BCUT2D eigenvalue weighted by Gasteiger charge is 2.14. The summed E-state index contributed by atoms with van der Waals surface area (Å²) >= 11 is 0. The highest BCUT2D eigenvalue weighted by Crippen LogP contribution is 2.29. The number of carbonyl (C=O) groups excluding carboxylic acids is 1. The lowest BCUT2D eigenvalue weighted by Crippen LogP contribution is -2.13. The summed E-state index contributed by atoms with van der Waals surface area (Å²) in [5.41, 5.74) is 1.25. The van der Waals surface area contributed by atoms with E-state index < -0.39 is 0 Å². The molecule has 19 heavy (non-hydrogen) atoms. The molecule has 0 spiro atoms. The molecule has 0 bridgehead atoms. The van der Waals surface area contributed by atoms with Crippen LogP contribution in [0.25, 0.3) is 0 Å². The molecule has 0 aliphatic carbocycles. The third-order valence-electron chi connectivity index (χ3n) is 2.66. The van der Waals surface area contributed by atoms with E-state index in [0.29, 0.717) is 17.1 Å². The summed E-state index contributed by atoms with van der Waals surface area (Å²) in [6.07, 6.45) is 1.31. The van der Waals surface area contributed by atoms with Crippen LogP contribution >= 0.6 is 0 Å². The third kappa shape index (κ3) is 2.65. The van der Waals surface area contributed by atoms with Crippen LogP contribution in [0.3, 0.4) is 0 Å². The van der Waals surface area contributed by atoms with Gasteiger partial charge < -0.3 is 9.47 Å². The number of amides is 1. The molecule has 0 saturated heterocycles. The molecule has 0 aliphatic heterocycles. The van der Waals surface area contributed by atoms with Crippen LogP contribution in [0.2, 0.25) is 0 Å². The van der Waals surface area contributed by atoms with Crippen LogP contribution in [-0.4, -0.2) is 35.3 Å². The van der Waals surface area contributed by atoms with Crippen LogP contribution in [-0.2, 0) is 0 Å². The average molecular weight is 262 g/mol. The SMILES string of the molecule is COc1cc(C(=O)Nc2ncn[nH]2)cc(OC)c1C. The smallest absolute Gasteiger partial charge is 0.258 e. The summed E-state index contributed by atoms with van der Waals surface area (Å²) in [5.74, 6) is 1.13. The Hall–Kier alpha value is -2.57. The molecule has 2 rings (SSSR count). The number of rotatable bonds is 4. The molecule has 0 fully saturated rings. The van der Waals surface area contributed by atoms with E-state index in [4.69, 9.17) is 9.47 Å². The van der Waals surface area contributed by atoms with Gasteiger partial charge in [0.2, 0.25) is 5.95 Å². The third-order valence-corrected chi connectivity index (χ3v) is 2.66. The lowest BCUT2D eigenvalue weighted by Gasteiger charge is -2.12. The van der Waals surface area contributed by atoms with E-state index in [1.807, 2.05) is 6.92 Å². The van der Waals surface area contributed by atoms with Crippen LogP contribution in [0.4, 0.5) is 5.95 Å². The standard InChI is InChI=1S/C12H14N4O3/c1-7-9(18-2)4-8(5-10(7)19-3)11(17)15-12-13-6-14-16-12/h4-6H,1-3H3,(H2,13,14,15,16,17). The summed E-state index contributed by atoms with van der Waals surface area (Å²) in [6, 6.07) is 3.28. The van der Waals surface area contributed by atoms with E-state index in [1.54, 1.807) is 26.4 Å². The van der Waals surface area contributed by atoms with E-state index >= 15 is 0 Å². The van der Waals surface area contributed by atoms with Gasteiger partial charge in [-0.05, 0) is 19.1 Å². The molecule has 1 heterocycles. The number of nitrogens with zero attached hydrogens (tertiary/aromatic N) is 2. The maximum absolute atomic E-state index is 12.0. The van der Waals surface area contributed by atoms with Gasteiger partial charge in [0.25, 0.3) is 5.91 Å². The Balaban J connectivity index is 2.31. The fourth-order valence-corrected chi connectivity index (χ4v) is 1.66. The molecule has 1 aromatic heterocycles. The highest BCUT2D eigenvalue weighted by atomic mass is 16.5. The lowest BCUT2D eigenvalue weighted by molar-refractivity contribution is 0.102. The van der Waals surface area contributed by atoms with Gasteiger partial charge in [0, 0.05) is 11.1 Å². The molecule has 7 heteroatoms. The number of hydrogen-bond donors (Lipinski definition) is 2. The topological polar surface area (TPSA) is 89.1 Å². The minimum Gasteiger partial charge on any atom is -0.496 e. The second-order valence-corrected chi connectivity index (χ2v) is 3.79. The molecule has 2 N–H and O–H groups in total. The van der Waals surface area contributed by atoms with Crippen molar-refractivity contribution in [3.63, 3.8) is 0 Å². The van der Waals surface area contributed by atoms with Crippen LogP contribution in [0.1, 0.15) is 15.9 Å². The van der Waals surface area contributed by atoms with Gasteiger partial charge in [-0.1, -0.05) is 0 Å². The van der Waals surface area contributed by atoms with Crippen molar-refractivity contribution in [1.29, 1.82) is 0 Å². The molecule has 0 radical (unpaired) electrons. The first-order valence-electron chi connectivity index (χ1n) is 5.55. The van der Waals surface area contributed by atoms with Crippen molar-refractivity contribution in [3.8, 4) is 11.5 Å². The van der Waals surface area contributed by atoms with Crippen molar-refractivity contribution in [2.24, 2.45) is 0 Å². The number of methoxy groups -OCH3 is 2.